The zero-order chi connectivity index (χ0) is 28.4. The van der Waals surface area contributed by atoms with E-state index >= 15 is 0 Å². The Balaban J connectivity index is 1.35. The van der Waals surface area contributed by atoms with Crippen LogP contribution in [0.15, 0.2) is 71.9 Å². The van der Waals surface area contributed by atoms with E-state index in [-0.39, 0.29) is 44.4 Å². The lowest BCUT2D eigenvalue weighted by Crippen LogP contribution is -2.43. The third-order valence-corrected chi connectivity index (χ3v) is 7.11. The molecule has 1 aliphatic heterocycles. The van der Waals surface area contributed by atoms with Crippen LogP contribution in [0.3, 0.4) is 0 Å². The molecule has 40 heavy (non-hydrogen) atoms. The molecule has 0 saturated carbocycles. The van der Waals surface area contributed by atoms with E-state index in [1.165, 1.54) is 16.5 Å². The number of urea groups is 1. The summed E-state index contributed by atoms with van der Waals surface area (Å²) in [7, 11) is 0. The van der Waals surface area contributed by atoms with E-state index in [1.54, 1.807) is 29.2 Å². The van der Waals surface area contributed by atoms with E-state index in [4.69, 9.17) is 10.6 Å². The van der Waals surface area contributed by atoms with Gasteiger partial charge in [0.15, 0.2) is 11.6 Å². The highest BCUT2D eigenvalue weighted by atomic mass is 19.4. The zero-order valence-corrected chi connectivity index (χ0v) is 21.4. The Morgan fingerprint density at radius 1 is 1.05 bits per heavy atom. The molecule has 208 valence electrons. The highest BCUT2D eigenvalue weighted by Gasteiger charge is 2.48. The smallest absolute Gasteiger partial charge is 0.399 e. The summed E-state index contributed by atoms with van der Waals surface area (Å²) in [6.45, 7) is 0.454. The van der Waals surface area contributed by atoms with Crippen molar-refractivity contribution in [1.29, 1.82) is 0 Å². The van der Waals surface area contributed by atoms with E-state index in [0.29, 0.717) is 11.3 Å². The molecule has 3 aliphatic rings. The summed E-state index contributed by atoms with van der Waals surface area (Å²) in [5.41, 5.74) is 3.96. The summed E-state index contributed by atoms with van der Waals surface area (Å²) < 4.78 is 44.7. The summed E-state index contributed by atoms with van der Waals surface area (Å²) in [4.78, 5) is 40.6. The first-order valence-corrected chi connectivity index (χ1v) is 12.8. The molecular formula is C29H27F3N4O4. The predicted octanol–water partition coefficient (Wildman–Crippen LogP) is 4.59. The Morgan fingerprint density at radius 3 is 2.27 bits per heavy atom. The third kappa shape index (κ3) is 5.93. The maximum absolute atomic E-state index is 13.7. The molecule has 1 fully saturated rings. The topological polar surface area (TPSA) is 105 Å². The monoisotopic (exact) mass is 552 g/mol. The number of ketones is 2. The van der Waals surface area contributed by atoms with E-state index in [0.717, 1.165) is 23.6 Å². The molecule has 1 heterocycles. The molecule has 8 nitrogen and oxygen atoms in total. The summed E-state index contributed by atoms with van der Waals surface area (Å²) >= 11 is 0. The number of alkyl halides is 3. The second-order valence-electron chi connectivity index (χ2n) is 9.85. The number of benzene rings is 2. The number of halogens is 3. The number of amides is 2. The SMILES string of the molecule is N/N=C(\OC1C=CC1C(F)(F)F)c1ccc(CN(C(=O)N2CCC(=O)C(=O)CC2)c2cccc(C3=CC3)c2)cc1. The highest BCUT2D eigenvalue weighted by Crippen LogP contribution is 2.38. The lowest BCUT2D eigenvalue weighted by Gasteiger charge is -2.31. The van der Waals surface area contributed by atoms with Gasteiger partial charge < -0.3 is 15.5 Å². The standard InChI is InChI=1S/C29H27F3N4O4/c30-29(31,32)23-10-11-26(23)40-27(34-33)20-6-4-18(5-7-20)17-36(22-3-1-2-21(16-22)19-8-9-19)28(39)35-14-12-24(37)25(38)13-15-35/h1-8,10-11,16,23,26H,9,12-15,17,33H2/b34-27-. The Labute approximate surface area is 228 Å². The van der Waals surface area contributed by atoms with Gasteiger partial charge in [-0.05, 0) is 53.5 Å². The summed E-state index contributed by atoms with van der Waals surface area (Å²) in [5, 5.41) is 3.54. The first-order valence-electron chi connectivity index (χ1n) is 12.8. The van der Waals surface area contributed by atoms with Gasteiger partial charge in [-0.25, -0.2) is 4.79 Å². The minimum Gasteiger partial charge on any atom is -0.468 e. The minimum absolute atomic E-state index is 0.0212. The first-order chi connectivity index (χ1) is 19.1. The van der Waals surface area contributed by atoms with E-state index in [2.05, 4.69) is 11.2 Å². The summed E-state index contributed by atoms with van der Waals surface area (Å²) in [5.74, 6) is 2.62. The maximum Gasteiger partial charge on any atom is 0.399 e. The zero-order valence-electron chi connectivity index (χ0n) is 21.4. The quantitative estimate of drug-likeness (QED) is 0.141. The van der Waals surface area contributed by atoms with Crippen molar-refractivity contribution < 1.29 is 32.3 Å². The number of anilines is 1. The van der Waals surface area contributed by atoms with Crippen LogP contribution in [-0.2, 0) is 20.9 Å². The fourth-order valence-corrected chi connectivity index (χ4v) is 4.61. The van der Waals surface area contributed by atoms with Crippen LogP contribution in [0.4, 0.5) is 23.7 Å². The van der Waals surface area contributed by atoms with Crippen LogP contribution >= 0.6 is 0 Å². The molecular weight excluding hydrogens is 525 g/mol. The molecule has 11 heteroatoms. The van der Waals surface area contributed by atoms with Crippen LogP contribution < -0.4 is 10.7 Å². The van der Waals surface area contributed by atoms with Crippen LogP contribution in [0.25, 0.3) is 5.57 Å². The van der Waals surface area contributed by atoms with E-state index in [1.807, 2.05) is 24.3 Å². The number of ether oxygens (including phenoxy) is 1. The molecule has 2 aromatic rings. The van der Waals surface area contributed by atoms with Crippen molar-refractivity contribution >= 4 is 34.8 Å². The van der Waals surface area contributed by atoms with Crippen molar-refractivity contribution in [2.45, 2.75) is 38.1 Å². The average Bonchev–Trinajstić information content (AvgIpc) is 3.77. The van der Waals surface area contributed by atoms with Crippen LogP contribution in [0, 0.1) is 5.92 Å². The van der Waals surface area contributed by atoms with Gasteiger partial charge in [-0.1, -0.05) is 36.4 Å². The van der Waals surface area contributed by atoms with Crippen LogP contribution in [0.1, 0.15) is 36.0 Å². The Bertz CT molecular complexity index is 1400. The molecule has 1 saturated heterocycles. The molecule has 2 amide bonds. The molecule has 0 spiro atoms. The Kier molecular flexibility index (Phi) is 7.46. The van der Waals surface area contributed by atoms with Gasteiger partial charge in [0, 0.05) is 37.2 Å². The van der Waals surface area contributed by atoms with Crippen LogP contribution in [-0.4, -0.2) is 53.8 Å². The van der Waals surface area contributed by atoms with Crippen LogP contribution in [0.5, 0.6) is 0 Å². The normalized spacial score (nSPS) is 20.9. The number of carbonyl (C=O) groups excluding carboxylic acids is 3. The Hall–Kier alpha value is -4.41. The van der Waals surface area contributed by atoms with Crippen molar-refractivity contribution in [2.75, 3.05) is 18.0 Å². The number of carbonyl (C=O) groups is 3. The number of allylic oxidation sites excluding steroid dienone is 2. The van der Waals surface area contributed by atoms with Crippen LogP contribution in [0.2, 0.25) is 0 Å². The average molecular weight is 553 g/mol. The summed E-state index contributed by atoms with van der Waals surface area (Å²) in [6.07, 6.45) is -0.376. The first kappa shape index (κ1) is 27.2. The van der Waals surface area contributed by atoms with Crippen molar-refractivity contribution in [1.82, 2.24) is 4.90 Å². The number of hydrogen-bond acceptors (Lipinski definition) is 6. The number of nitrogens with zero attached hydrogens (tertiary/aromatic N) is 3. The number of Topliss-reactive ketones (excluding diaryl/α,β-unsaturated/α-hetero) is 2. The molecule has 2 aliphatic carbocycles. The van der Waals surface area contributed by atoms with E-state index in [9.17, 15) is 27.6 Å². The molecule has 5 rings (SSSR count). The predicted molar refractivity (Wildman–Crippen MR) is 142 cm³/mol. The van der Waals surface area contributed by atoms with Gasteiger partial charge in [-0.15, -0.1) is 5.10 Å². The number of likely N-dealkylation sites (tertiary alicyclic amines) is 1. The van der Waals surface area contributed by atoms with Crippen molar-refractivity contribution in [2.24, 2.45) is 16.9 Å². The number of hydrogen-bond donors (Lipinski definition) is 1. The van der Waals surface area contributed by atoms with Gasteiger partial charge in [0.1, 0.15) is 12.0 Å². The number of hydrazone groups is 1. The van der Waals surface area contributed by atoms with Crippen molar-refractivity contribution in [3.63, 3.8) is 0 Å². The number of rotatable bonds is 6. The Morgan fingerprint density at radius 2 is 1.73 bits per heavy atom. The molecule has 0 bridgehead atoms. The lowest BCUT2D eigenvalue weighted by atomic mass is 9.91. The summed E-state index contributed by atoms with van der Waals surface area (Å²) in [6, 6.07) is 13.9. The molecule has 0 radical (unpaired) electrons. The second kappa shape index (κ2) is 11.0. The lowest BCUT2D eigenvalue weighted by molar-refractivity contribution is -0.183. The van der Waals surface area contributed by atoms with Gasteiger partial charge in [0.2, 0.25) is 5.90 Å². The van der Waals surface area contributed by atoms with Crippen molar-refractivity contribution in [3.05, 3.63) is 83.4 Å². The number of nitrogens with two attached hydrogens (primary N) is 1. The van der Waals surface area contributed by atoms with E-state index < -0.39 is 29.8 Å². The minimum atomic E-state index is -4.43. The van der Waals surface area contributed by atoms with Gasteiger partial charge in [0.25, 0.3) is 0 Å². The molecule has 2 atom stereocenters. The molecule has 2 unspecified atom stereocenters. The largest absolute Gasteiger partial charge is 0.468 e. The molecule has 2 N–H and O–H groups in total. The van der Waals surface area contributed by atoms with Gasteiger partial charge >= 0.3 is 12.2 Å². The molecule has 0 aromatic heterocycles. The second-order valence-corrected chi connectivity index (χ2v) is 9.85. The van der Waals surface area contributed by atoms with Gasteiger partial charge in [0.05, 0.1) is 6.54 Å². The highest BCUT2D eigenvalue weighted by molar-refractivity contribution is 6.37. The third-order valence-electron chi connectivity index (χ3n) is 7.11. The fraction of sp³-hybridized carbons (Fsp3) is 0.310. The van der Waals surface area contributed by atoms with Gasteiger partial charge in [-0.2, -0.15) is 13.2 Å². The molecule has 2 aromatic carbocycles. The van der Waals surface area contributed by atoms with Crippen molar-refractivity contribution in [3.8, 4) is 0 Å². The van der Waals surface area contributed by atoms with Gasteiger partial charge in [-0.3, -0.25) is 14.5 Å². The fourth-order valence-electron chi connectivity index (χ4n) is 4.61. The maximum atomic E-state index is 13.7.